The van der Waals surface area contributed by atoms with Crippen molar-refractivity contribution >= 4 is 22.4 Å². The summed E-state index contributed by atoms with van der Waals surface area (Å²) in [4.78, 5) is 6.26. The van der Waals surface area contributed by atoms with Gasteiger partial charge in [-0.1, -0.05) is 54.6 Å². The Hall–Kier alpha value is -3.85. The number of nitriles is 1. The van der Waals surface area contributed by atoms with E-state index in [4.69, 9.17) is 5.10 Å². The van der Waals surface area contributed by atoms with Gasteiger partial charge in [0.25, 0.3) is 0 Å². The van der Waals surface area contributed by atoms with Gasteiger partial charge in [0.15, 0.2) is 12.0 Å². The molecule has 0 amide bonds. The Morgan fingerprint density at radius 1 is 1.00 bits per heavy atom. The van der Waals surface area contributed by atoms with E-state index in [1.807, 2.05) is 53.3 Å². The standard InChI is InChI=1S/C22H18N6/c23-15-27-13-19-20(14-27)28(12-16-6-2-1-3-7-16)26-22(19)25-21-10-17-8-4-5-9-18(17)11-24-21/h1-11H,12-14H2,(H,24,25,26). The minimum Gasteiger partial charge on any atom is -0.323 e. The molecule has 28 heavy (non-hydrogen) atoms. The maximum absolute atomic E-state index is 9.35. The maximum Gasteiger partial charge on any atom is 0.180 e. The summed E-state index contributed by atoms with van der Waals surface area (Å²) in [6.07, 6.45) is 4.11. The molecule has 0 aliphatic carbocycles. The van der Waals surface area contributed by atoms with Crippen LogP contribution in [-0.4, -0.2) is 19.7 Å². The first kappa shape index (κ1) is 16.3. The zero-order valence-corrected chi connectivity index (χ0v) is 15.2. The van der Waals surface area contributed by atoms with Crippen LogP contribution in [0.25, 0.3) is 10.8 Å². The second-order valence-corrected chi connectivity index (χ2v) is 6.91. The lowest BCUT2D eigenvalue weighted by Crippen LogP contribution is -2.13. The molecule has 3 heterocycles. The molecule has 0 bridgehead atoms. The number of nitrogens with zero attached hydrogens (tertiary/aromatic N) is 5. The van der Waals surface area contributed by atoms with Crippen LogP contribution < -0.4 is 5.32 Å². The van der Waals surface area contributed by atoms with Crippen LogP contribution in [-0.2, 0) is 19.6 Å². The molecular weight excluding hydrogens is 348 g/mol. The van der Waals surface area contributed by atoms with Gasteiger partial charge in [-0.2, -0.15) is 10.4 Å². The molecule has 1 aliphatic rings. The zero-order chi connectivity index (χ0) is 18.9. The number of hydrogen-bond acceptors (Lipinski definition) is 5. The summed E-state index contributed by atoms with van der Waals surface area (Å²) in [5.41, 5.74) is 3.32. The maximum atomic E-state index is 9.35. The fourth-order valence-electron chi connectivity index (χ4n) is 3.64. The SMILES string of the molecule is N#CN1Cc2c(Nc3cc4ccccc4cn3)nn(Cc3ccccc3)c2C1. The van der Waals surface area contributed by atoms with Crippen LogP contribution in [0, 0.1) is 11.5 Å². The van der Waals surface area contributed by atoms with Crippen LogP contribution in [0.4, 0.5) is 11.6 Å². The number of rotatable bonds is 4. The number of benzene rings is 2. The fourth-order valence-corrected chi connectivity index (χ4v) is 3.64. The first-order valence-electron chi connectivity index (χ1n) is 9.19. The Labute approximate surface area is 162 Å². The van der Waals surface area contributed by atoms with Crippen LogP contribution in [0.2, 0.25) is 0 Å². The van der Waals surface area contributed by atoms with Gasteiger partial charge in [-0.15, -0.1) is 0 Å². The van der Waals surface area contributed by atoms with Crippen molar-refractivity contribution in [1.29, 1.82) is 5.26 Å². The molecule has 0 fully saturated rings. The van der Waals surface area contributed by atoms with E-state index in [1.165, 1.54) is 5.56 Å². The van der Waals surface area contributed by atoms with Crippen LogP contribution >= 0.6 is 0 Å². The van der Waals surface area contributed by atoms with Crippen molar-refractivity contribution < 1.29 is 0 Å². The minimum atomic E-state index is 0.566. The monoisotopic (exact) mass is 366 g/mol. The van der Waals surface area contributed by atoms with E-state index in [2.05, 4.69) is 34.7 Å². The number of anilines is 2. The lowest BCUT2D eigenvalue weighted by atomic mass is 10.2. The summed E-state index contributed by atoms with van der Waals surface area (Å²) in [5.74, 6) is 1.52. The molecule has 0 saturated heterocycles. The van der Waals surface area contributed by atoms with Crippen molar-refractivity contribution in [2.75, 3.05) is 5.32 Å². The third-order valence-electron chi connectivity index (χ3n) is 5.05. The van der Waals surface area contributed by atoms with Crippen molar-refractivity contribution in [3.8, 4) is 6.19 Å². The first-order valence-corrected chi connectivity index (χ1v) is 9.19. The highest BCUT2D eigenvalue weighted by Crippen LogP contribution is 2.31. The molecule has 4 aromatic rings. The predicted molar refractivity (Wildman–Crippen MR) is 108 cm³/mol. The minimum absolute atomic E-state index is 0.566. The first-order chi connectivity index (χ1) is 13.8. The second kappa shape index (κ2) is 6.71. The molecule has 0 atom stereocenters. The van der Waals surface area contributed by atoms with Crippen LogP contribution in [0.5, 0.6) is 0 Å². The summed E-state index contributed by atoms with van der Waals surface area (Å²) in [5, 5.41) is 19.7. The van der Waals surface area contributed by atoms with Crippen LogP contribution in [0.1, 0.15) is 16.8 Å². The van der Waals surface area contributed by atoms with Crippen molar-refractivity contribution in [1.82, 2.24) is 19.7 Å². The van der Waals surface area contributed by atoms with Gasteiger partial charge in [0.05, 0.1) is 25.3 Å². The Kier molecular flexibility index (Phi) is 3.91. The van der Waals surface area contributed by atoms with Crippen LogP contribution in [0.15, 0.2) is 66.9 Å². The van der Waals surface area contributed by atoms with E-state index in [-0.39, 0.29) is 0 Å². The molecule has 2 aromatic carbocycles. The van der Waals surface area contributed by atoms with E-state index in [9.17, 15) is 5.26 Å². The molecule has 1 N–H and O–H groups in total. The van der Waals surface area contributed by atoms with Gasteiger partial charge >= 0.3 is 0 Å². The van der Waals surface area contributed by atoms with Crippen molar-refractivity contribution in [3.05, 3.63) is 83.7 Å². The number of aromatic nitrogens is 3. The lowest BCUT2D eigenvalue weighted by Gasteiger charge is -2.10. The molecule has 0 saturated carbocycles. The largest absolute Gasteiger partial charge is 0.323 e. The normalized spacial score (nSPS) is 12.8. The fraction of sp³-hybridized carbons (Fsp3) is 0.136. The zero-order valence-electron chi connectivity index (χ0n) is 15.2. The highest BCUT2D eigenvalue weighted by molar-refractivity contribution is 5.84. The molecule has 5 rings (SSSR count). The van der Waals surface area contributed by atoms with Crippen LogP contribution in [0.3, 0.4) is 0 Å². The van der Waals surface area contributed by atoms with E-state index in [0.717, 1.165) is 33.7 Å². The molecular formula is C22H18N6. The molecule has 136 valence electrons. The predicted octanol–water partition coefficient (Wildman–Crippen LogP) is 4.02. The highest BCUT2D eigenvalue weighted by atomic mass is 15.4. The Morgan fingerprint density at radius 3 is 2.61 bits per heavy atom. The topological polar surface area (TPSA) is 69.8 Å². The second-order valence-electron chi connectivity index (χ2n) is 6.91. The average molecular weight is 366 g/mol. The smallest absolute Gasteiger partial charge is 0.180 e. The lowest BCUT2D eigenvalue weighted by molar-refractivity contribution is 0.403. The average Bonchev–Trinajstić information content (AvgIpc) is 3.29. The molecule has 6 heteroatoms. The van der Waals surface area contributed by atoms with E-state index < -0.39 is 0 Å². The number of hydrogen-bond donors (Lipinski definition) is 1. The van der Waals surface area contributed by atoms with E-state index >= 15 is 0 Å². The van der Waals surface area contributed by atoms with Gasteiger partial charge in [0, 0.05) is 17.1 Å². The van der Waals surface area contributed by atoms with Crippen molar-refractivity contribution in [2.45, 2.75) is 19.6 Å². The number of pyridine rings is 1. The van der Waals surface area contributed by atoms with Crippen molar-refractivity contribution in [2.24, 2.45) is 0 Å². The summed E-state index contributed by atoms with van der Waals surface area (Å²) in [6, 6.07) is 20.4. The Morgan fingerprint density at radius 2 is 1.79 bits per heavy atom. The van der Waals surface area contributed by atoms with Gasteiger partial charge in [0.1, 0.15) is 5.82 Å². The third-order valence-corrected chi connectivity index (χ3v) is 5.05. The van der Waals surface area contributed by atoms with Gasteiger partial charge in [-0.05, 0) is 17.0 Å². The number of fused-ring (bicyclic) bond motifs is 2. The molecule has 0 unspecified atom stereocenters. The molecule has 1 aliphatic heterocycles. The van der Waals surface area contributed by atoms with Crippen molar-refractivity contribution in [3.63, 3.8) is 0 Å². The highest BCUT2D eigenvalue weighted by Gasteiger charge is 2.27. The van der Waals surface area contributed by atoms with Gasteiger partial charge in [0.2, 0.25) is 0 Å². The summed E-state index contributed by atoms with van der Waals surface area (Å²) >= 11 is 0. The Bertz CT molecular complexity index is 1190. The quantitative estimate of drug-likeness (QED) is 0.553. The Balaban J connectivity index is 1.50. The molecule has 2 aromatic heterocycles. The molecule has 6 nitrogen and oxygen atoms in total. The summed E-state index contributed by atoms with van der Waals surface area (Å²) in [6.45, 7) is 1.82. The van der Waals surface area contributed by atoms with E-state index in [0.29, 0.717) is 19.6 Å². The third kappa shape index (κ3) is 2.93. The summed E-state index contributed by atoms with van der Waals surface area (Å²) < 4.78 is 1.99. The number of nitrogens with one attached hydrogen (secondary N) is 1. The molecule has 0 radical (unpaired) electrons. The van der Waals surface area contributed by atoms with E-state index in [1.54, 1.807) is 4.90 Å². The van der Waals surface area contributed by atoms with Gasteiger partial charge < -0.3 is 10.2 Å². The molecule has 0 spiro atoms. The van der Waals surface area contributed by atoms with Gasteiger partial charge in [-0.25, -0.2) is 4.98 Å². The summed E-state index contributed by atoms with van der Waals surface area (Å²) in [7, 11) is 0. The van der Waals surface area contributed by atoms with Gasteiger partial charge in [-0.3, -0.25) is 4.68 Å².